The minimum atomic E-state index is -0.102. The number of amides is 1. The number of rotatable bonds is 8. The molecule has 2 heterocycles. The van der Waals surface area contributed by atoms with Crippen LogP contribution >= 0.6 is 23.2 Å². The zero-order valence-electron chi connectivity index (χ0n) is 21.1. The fraction of sp³-hybridized carbons (Fsp3) is 0.333. The second-order valence-electron chi connectivity index (χ2n) is 9.63. The lowest BCUT2D eigenvalue weighted by Crippen LogP contribution is -2.31. The van der Waals surface area contributed by atoms with Crippen molar-refractivity contribution in [2.24, 2.45) is 0 Å². The molecule has 1 saturated heterocycles. The number of carbonyl (C=O) groups is 1. The van der Waals surface area contributed by atoms with E-state index in [1.54, 1.807) is 6.07 Å². The number of piperidine rings is 1. The number of nitrogens with zero attached hydrogens (tertiary/aromatic N) is 3. The third-order valence-electron chi connectivity index (χ3n) is 7.05. The number of benzene rings is 3. The zero-order chi connectivity index (χ0) is 25.8. The van der Waals surface area contributed by atoms with Crippen LogP contribution in [0.3, 0.4) is 0 Å². The highest BCUT2D eigenvalue weighted by atomic mass is 35.5. The first-order chi connectivity index (χ1) is 18.0. The van der Waals surface area contributed by atoms with Gasteiger partial charge in [-0.1, -0.05) is 54.7 Å². The van der Waals surface area contributed by atoms with E-state index in [0.29, 0.717) is 22.2 Å². The number of fused-ring (bicyclic) bond motifs is 1. The Labute approximate surface area is 228 Å². The van der Waals surface area contributed by atoms with E-state index < -0.39 is 0 Å². The molecule has 5 nitrogen and oxygen atoms in total. The van der Waals surface area contributed by atoms with Gasteiger partial charge < -0.3 is 14.8 Å². The second-order valence-corrected chi connectivity index (χ2v) is 10.4. The van der Waals surface area contributed by atoms with Crippen molar-refractivity contribution in [2.75, 3.05) is 18.0 Å². The first kappa shape index (κ1) is 25.6. The summed E-state index contributed by atoms with van der Waals surface area (Å²) in [6, 6.07) is 19.7. The van der Waals surface area contributed by atoms with Gasteiger partial charge in [0.2, 0.25) is 0 Å². The van der Waals surface area contributed by atoms with Gasteiger partial charge in [-0.05, 0) is 73.7 Å². The summed E-state index contributed by atoms with van der Waals surface area (Å²) in [6.45, 7) is 5.64. The van der Waals surface area contributed by atoms with Gasteiger partial charge in [0.25, 0.3) is 5.91 Å². The van der Waals surface area contributed by atoms with Crippen LogP contribution in [0.4, 0.5) is 5.69 Å². The Morgan fingerprint density at radius 2 is 1.78 bits per heavy atom. The summed E-state index contributed by atoms with van der Waals surface area (Å²) in [4.78, 5) is 20.5. The summed E-state index contributed by atoms with van der Waals surface area (Å²) in [7, 11) is 0. The summed E-state index contributed by atoms with van der Waals surface area (Å²) in [5.41, 5.74) is 5.66. The van der Waals surface area contributed by atoms with E-state index in [9.17, 15) is 4.79 Å². The van der Waals surface area contributed by atoms with Gasteiger partial charge in [-0.2, -0.15) is 0 Å². The molecule has 1 fully saturated rings. The van der Waals surface area contributed by atoms with Crippen LogP contribution in [0.15, 0.2) is 60.7 Å². The molecule has 4 aromatic rings. The molecule has 192 valence electrons. The van der Waals surface area contributed by atoms with Crippen LogP contribution in [0.5, 0.6) is 0 Å². The lowest BCUT2D eigenvalue weighted by Gasteiger charge is -2.30. The maximum Gasteiger partial charge on any atom is 0.251 e. The fourth-order valence-corrected chi connectivity index (χ4v) is 5.35. The number of hydrogen-bond donors (Lipinski definition) is 1. The molecule has 1 aromatic heterocycles. The van der Waals surface area contributed by atoms with Crippen molar-refractivity contribution in [1.29, 1.82) is 0 Å². The van der Waals surface area contributed by atoms with Crippen LogP contribution < -0.4 is 10.2 Å². The number of halogens is 2. The van der Waals surface area contributed by atoms with E-state index >= 15 is 0 Å². The molecular weight excluding hydrogens is 503 g/mol. The van der Waals surface area contributed by atoms with E-state index in [1.807, 2.05) is 36.4 Å². The molecule has 1 aliphatic heterocycles. The Hall–Kier alpha value is -3.02. The summed E-state index contributed by atoms with van der Waals surface area (Å²) >= 11 is 12.5. The van der Waals surface area contributed by atoms with Crippen LogP contribution in [0.1, 0.15) is 54.9 Å². The number of aryl methyl sites for hydroxylation is 1. The molecule has 0 spiro atoms. The third kappa shape index (κ3) is 5.63. The molecule has 0 aliphatic carbocycles. The molecule has 1 N–H and O–H groups in total. The predicted octanol–water partition coefficient (Wildman–Crippen LogP) is 7.73. The molecule has 3 aromatic carbocycles. The molecule has 5 rings (SSSR count). The van der Waals surface area contributed by atoms with Crippen molar-refractivity contribution in [1.82, 2.24) is 14.9 Å². The number of aromatic nitrogens is 2. The van der Waals surface area contributed by atoms with Crippen LogP contribution in [0, 0.1) is 0 Å². The zero-order valence-corrected chi connectivity index (χ0v) is 22.7. The average molecular weight is 536 g/mol. The van der Waals surface area contributed by atoms with Crippen LogP contribution in [0.25, 0.3) is 22.4 Å². The first-order valence-electron chi connectivity index (χ1n) is 13.1. The molecule has 0 radical (unpaired) electrons. The molecule has 1 aliphatic rings. The fourth-order valence-electron chi connectivity index (χ4n) is 5.05. The van der Waals surface area contributed by atoms with Crippen molar-refractivity contribution >= 4 is 45.8 Å². The number of nitrogens with one attached hydrogen (secondary N) is 1. The Morgan fingerprint density at radius 1 is 0.973 bits per heavy atom. The standard InChI is InChI=1S/C30H32Cl2N4O/c1-2-3-17-36-28-14-12-22(19-26(28)34-29(36)21-11-13-24(31)25(32)18-21)30(37)33-20-23-9-5-6-10-27(23)35-15-7-4-8-16-35/h5-6,9-14,18-19H,2-4,7-8,15-17,20H2,1H3,(H,33,37). The summed E-state index contributed by atoms with van der Waals surface area (Å²) < 4.78 is 2.20. The van der Waals surface area contributed by atoms with Crippen LogP contribution in [-0.2, 0) is 13.1 Å². The number of carbonyl (C=O) groups excluding carboxylic acids is 1. The largest absolute Gasteiger partial charge is 0.371 e. The van der Waals surface area contributed by atoms with Gasteiger partial charge in [0.1, 0.15) is 5.82 Å². The van der Waals surface area contributed by atoms with Gasteiger partial charge in [0, 0.05) is 43.0 Å². The molecule has 0 saturated carbocycles. The van der Waals surface area contributed by atoms with Crippen LogP contribution in [0.2, 0.25) is 10.0 Å². The van der Waals surface area contributed by atoms with Crippen molar-refractivity contribution in [3.8, 4) is 11.4 Å². The lowest BCUT2D eigenvalue weighted by atomic mass is 10.1. The van der Waals surface area contributed by atoms with Gasteiger partial charge in [0.15, 0.2) is 0 Å². The van der Waals surface area contributed by atoms with Gasteiger partial charge in [0.05, 0.1) is 21.1 Å². The Balaban J connectivity index is 1.39. The SMILES string of the molecule is CCCCn1c(-c2ccc(Cl)c(Cl)c2)nc2cc(C(=O)NCc3ccccc3N3CCCCC3)ccc21. The van der Waals surface area contributed by atoms with Gasteiger partial charge in [-0.15, -0.1) is 0 Å². The van der Waals surface area contributed by atoms with Crippen LogP contribution in [-0.4, -0.2) is 28.5 Å². The van der Waals surface area contributed by atoms with E-state index in [1.165, 1.54) is 24.9 Å². The molecular formula is C30H32Cl2N4O. The predicted molar refractivity (Wildman–Crippen MR) is 154 cm³/mol. The molecule has 37 heavy (non-hydrogen) atoms. The average Bonchev–Trinajstić information content (AvgIpc) is 3.30. The Morgan fingerprint density at radius 3 is 2.57 bits per heavy atom. The lowest BCUT2D eigenvalue weighted by molar-refractivity contribution is 0.0951. The van der Waals surface area contributed by atoms with Crippen molar-refractivity contribution in [3.05, 3.63) is 81.8 Å². The molecule has 0 unspecified atom stereocenters. The highest BCUT2D eigenvalue weighted by molar-refractivity contribution is 6.42. The van der Waals surface area contributed by atoms with Gasteiger partial charge >= 0.3 is 0 Å². The van der Waals surface area contributed by atoms with E-state index in [4.69, 9.17) is 28.2 Å². The maximum absolute atomic E-state index is 13.2. The number of anilines is 1. The minimum absolute atomic E-state index is 0.102. The normalized spacial score (nSPS) is 13.8. The Bertz CT molecular complexity index is 1410. The quantitative estimate of drug-likeness (QED) is 0.251. The highest BCUT2D eigenvalue weighted by Gasteiger charge is 2.17. The molecule has 1 amide bonds. The van der Waals surface area contributed by atoms with Crippen molar-refractivity contribution in [2.45, 2.75) is 52.1 Å². The number of unbranched alkanes of at least 4 members (excludes halogenated alkanes) is 1. The van der Waals surface area contributed by atoms with E-state index in [2.05, 4.69) is 39.9 Å². The third-order valence-corrected chi connectivity index (χ3v) is 7.79. The maximum atomic E-state index is 13.2. The highest BCUT2D eigenvalue weighted by Crippen LogP contribution is 2.31. The molecule has 7 heteroatoms. The van der Waals surface area contributed by atoms with Gasteiger partial charge in [-0.25, -0.2) is 4.98 Å². The van der Waals surface area contributed by atoms with Gasteiger partial charge in [-0.3, -0.25) is 4.79 Å². The second kappa shape index (κ2) is 11.6. The number of imidazole rings is 1. The minimum Gasteiger partial charge on any atom is -0.371 e. The summed E-state index contributed by atoms with van der Waals surface area (Å²) in [6.07, 6.45) is 5.82. The Kier molecular flexibility index (Phi) is 8.02. The molecule has 0 bridgehead atoms. The summed E-state index contributed by atoms with van der Waals surface area (Å²) in [5, 5.41) is 4.14. The summed E-state index contributed by atoms with van der Waals surface area (Å²) in [5.74, 6) is 0.726. The van der Waals surface area contributed by atoms with Crippen molar-refractivity contribution in [3.63, 3.8) is 0 Å². The van der Waals surface area contributed by atoms with Crippen molar-refractivity contribution < 1.29 is 4.79 Å². The molecule has 0 atom stereocenters. The first-order valence-corrected chi connectivity index (χ1v) is 13.9. The van der Waals surface area contributed by atoms with E-state index in [-0.39, 0.29) is 5.91 Å². The number of hydrogen-bond acceptors (Lipinski definition) is 3. The smallest absolute Gasteiger partial charge is 0.251 e. The number of para-hydroxylation sites is 1. The van der Waals surface area contributed by atoms with E-state index in [0.717, 1.165) is 60.5 Å². The topological polar surface area (TPSA) is 50.2 Å². The monoisotopic (exact) mass is 534 g/mol.